The quantitative estimate of drug-likeness (QED) is 0.218. The Morgan fingerprint density at radius 3 is 2.72 bits per heavy atom. The molecule has 0 saturated heterocycles. The first-order valence-corrected chi connectivity index (χ1v) is 11.6. The van der Waals surface area contributed by atoms with E-state index in [9.17, 15) is 14.4 Å². The summed E-state index contributed by atoms with van der Waals surface area (Å²) in [6, 6.07) is 5.33. The Kier molecular flexibility index (Phi) is 8.76. The van der Waals surface area contributed by atoms with E-state index in [1.54, 1.807) is 23.5 Å². The van der Waals surface area contributed by atoms with Crippen LogP contribution in [0.4, 0.5) is 0 Å². The number of benzene rings is 1. The van der Waals surface area contributed by atoms with Gasteiger partial charge in [0.1, 0.15) is 0 Å². The van der Waals surface area contributed by atoms with E-state index < -0.39 is 11.9 Å². The molecular weight excluding hydrogens is 428 g/mol. The van der Waals surface area contributed by atoms with Crippen molar-refractivity contribution in [1.29, 1.82) is 0 Å². The van der Waals surface area contributed by atoms with Crippen LogP contribution in [0.5, 0.6) is 0 Å². The van der Waals surface area contributed by atoms with Crippen LogP contribution in [0.3, 0.4) is 0 Å². The number of rotatable bonds is 11. The second kappa shape index (κ2) is 11.7. The van der Waals surface area contributed by atoms with Crippen molar-refractivity contribution in [2.75, 3.05) is 26.4 Å². The summed E-state index contributed by atoms with van der Waals surface area (Å²) >= 11 is 1.57. The highest BCUT2D eigenvalue weighted by Crippen LogP contribution is 2.28. The minimum absolute atomic E-state index is 0.0138. The van der Waals surface area contributed by atoms with Gasteiger partial charge in [0.2, 0.25) is 0 Å². The number of carbonyl (C=O) groups excluding carboxylic acids is 2. The number of ether oxygens (including phenoxy) is 3. The number of carbonyl (C=O) groups is 2. The third-order valence-electron chi connectivity index (χ3n) is 5.10. The van der Waals surface area contributed by atoms with E-state index in [0.717, 1.165) is 34.1 Å². The molecule has 0 aliphatic heterocycles. The van der Waals surface area contributed by atoms with Crippen LogP contribution in [-0.2, 0) is 31.8 Å². The molecule has 0 radical (unpaired) electrons. The molecule has 0 spiro atoms. The van der Waals surface area contributed by atoms with E-state index in [1.165, 1.54) is 0 Å². The Morgan fingerprint density at radius 2 is 1.91 bits per heavy atom. The van der Waals surface area contributed by atoms with Crippen molar-refractivity contribution in [2.24, 2.45) is 5.92 Å². The van der Waals surface area contributed by atoms with Gasteiger partial charge in [-0.3, -0.25) is 4.79 Å². The molecule has 1 aliphatic carbocycles. The maximum Gasteiger partial charge on any atom is 0.338 e. The smallest absolute Gasteiger partial charge is 0.338 e. The molecule has 0 N–H and O–H groups in total. The molecule has 1 aromatic heterocycles. The number of hydrogen-bond acceptors (Lipinski definition) is 7. The van der Waals surface area contributed by atoms with E-state index >= 15 is 0 Å². The second-order valence-corrected chi connectivity index (χ2v) is 8.89. The van der Waals surface area contributed by atoms with Gasteiger partial charge in [0.25, 0.3) is 0 Å². The van der Waals surface area contributed by atoms with Crippen molar-refractivity contribution < 1.29 is 23.8 Å². The predicted octanol–water partition coefficient (Wildman–Crippen LogP) is 4.24. The summed E-state index contributed by atoms with van der Waals surface area (Å²) in [4.78, 5) is 37.8. The average Bonchev–Trinajstić information content (AvgIpc) is 2.81. The second-order valence-electron chi connectivity index (χ2n) is 7.75. The molecule has 1 aliphatic rings. The predicted molar refractivity (Wildman–Crippen MR) is 125 cm³/mol. The SMILES string of the molecule is C=CC(=O)OCCCCOCC(C)COC(=O)c1cccc2sc3c(c(=O)c12)CC=CC3. The zero-order valence-corrected chi connectivity index (χ0v) is 19.1. The first kappa shape index (κ1) is 23.9. The highest BCUT2D eigenvalue weighted by atomic mass is 32.1. The monoisotopic (exact) mass is 456 g/mol. The molecule has 1 heterocycles. The summed E-state index contributed by atoms with van der Waals surface area (Å²) in [6.45, 7) is 6.81. The molecule has 1 aromatic carbocycles. The van der Waals surface area contributed by atoms with Crippen molar-refractivity contribution in [3.8, 4) is 0 Å². The van der Waals surface area contributed by atoms with Gasteiger partial charge in [-0.15, -0.1) is 11.3 Å². The third-order valence-corrected chi connectivity index (χ3v) is 6.32. The fourth-order valence-electron chi connectivity index (χ4n) is 3.42. The van der Waals surface area contributed by atoms with Gasteiger partial charge in [0.15, 0.2) is 5.43 Å². The normalized spacial score (nSPS) is 13.4. The topological polar surface area (TPSA) is 78.9 Å². The first-order valence-electron chi connectivity index (χ1n) is 10.8. The van der Waals surface area contributed by atoms with Gasteiger partial charge in [0.05, 0.1) is 30.8 Å². The van der Waals surface area contributed by atoms with Gasteiger partial charge >= 0.3 is 11.9 Å². The molecule has 2 aromatic rings. The summed E-state index contributed by atoms with van der Waals surface area (Å²) in [6.07, 6.45) is 8.05. The van der Waals surface area contributed by atoms with Crippen molar-refractivity contribution in [3.63, 3.8) is 0 Å². The Labute approximate surface area is 191 Å². The maximum absolute atomic E-state index is 13.1. The van der Waals surface area contributed by atoms with Gasteiger partial charge < -0.3 is 14.2 Å². The van der Waals surface area contributed by atoms with Gasteiger partial charge in [0, 0.05) is 40.2 Å². The Balaban J connectivity index is 1.49. The van der Waals surface area contributed by atoms with E-state index in [-0.39, 0.29) is 18.0 Å². The van der Waals surface area contributed by atoms with Crippen LogP contribution in [0.15, 0.2) is 47.8 Å². The Bertz CT molecular complexity index is 1070. The molecule has 32 heavy (non-hydrogen) atoms. The van der Waals surface area contributed by atoms with Crippen LogP contribution in [-0.4, -0.2) is 38.4 Å². The lowest BCUT2D eigenvalue weighted by molar-refractivity contribution is -0.137. The molecule has 170 valence electrons. The molecule has 1 atom stereocenters. The molecular formula is C25H28O6S. The number of allylic oxidation sites excluding steroid dienone is 2. The fourth-order valence-corrected chi connectivity index (χ4v) is 4.62. The largest absolute Gasteiger partial charge is 0.463 e. The van der Waals surface area contributed by atoms with Crippen molar-refractivity contribution in [1.82, 2.24) is 0 Å². The molecule has 7 heteroatoms. The van der Waals surface area contributed by atoms with E-state index in [1.807, 2.05) is 19.1 Å². The Morgan fingerprint density at radius 1 is 1.12 bits per heavy atom. The summed E-state index contributed by atoms with van der Waals surface area (Å²) < 4.78 is 16.8. The van der Waals surface area contributed by atoms with Crippen molar-refractivity contribution in [3.05, 3.63) is 69.2 Å². The molecule has 0 saturated carbocycles. The highest BCUT2D eigenvalue weighted by molar-refractivity contribution is 7.18. The van der Waals surface area contributed by atoms with Crippen LogP contribution in [0.1, 0.15) is 40.6 Å². The zero-order valence-electron chi connectivity index (χ0n) is 18.3. The summed E-state index contributed by atoms with van der Waals surface area (Å²) in [5.41, 5.74) is 1.04. The number of hydrogen-bond donors (Lipinski definition) is 0. The summed E-state index contributed by atoms with van der Waals surface area (Å²) in [5, 5.41) is 0.456. The fraction of sp³-hybridized carbons (Fsp3) is 0.400. The van der Waals surface area contributed by atoms with Gasteiger partial charge in [-0.1, -0.05) is 31.7 Å². The summed E-state index contributed by atoms with van der Waals surface area (Å²) in [5.74, 6) is -0.892. The van der Waals surface area contributed by atoms with Crippen LogP contribution >= 0.6 is 11.3 Å². The van der Waals surface area contributed by atoms with Gasteiger partial charge in [-0.25, -0.2) is 9.59 Å². The number of unbranched alkanes of at least 4 members (excludes halogenated alkanes) is 1. The minimum atomic E-state index is -0.484. The maximum atomic E-state index is 13.1. The Hall–Kier alpha value is -2.77. The van der Waals surface area contributed by atoms with E-state index in [4.69, 9.17) is 14.2 Å². The van der Waals surface area contributed by atoms with Crippen molar-refractivity contribution >= 4 is 33.4 Å². The number of fused-ring (bicyclic) bond motifs is 2. The first-order chi connectivity index (χ1) is 15.5. The lowest BCUT2D eigenvalue weighted by Crippen LogP contribution is -2.19. The zero-order chi connectivity index (χ0) is 22.9. The number of esters is 2. The molecule has 0 amide bonds. The third kappa shape index (κ3) is 6.14. The molecule has 0 fully saturated rings. The van der Waals surface area contributed by atoms with E-state index in [0.29, 0.717) is 43.6 Å². The standard InChI is InChI=1S/C25H28O6S/c1-3-22(26)30-14-7-6-13-29-15-17(2)16-31-25(28)19-10-8-12-21-23(19)24(27)18-9-4-5-11-20(18)32-21/h3-5,8,10,12,17H,1,6-7,9,11,13-16H2,2H3. The highest BCUT2D eigenvalue weighted by Gasteiger charge is 2.20. The van der Waals surface area contributed by atoms with Gasteiger partial charge in [-0.05, 0) is 31.4 Å². The molecule has 3 rings (SSSR count). The molecule has 0 bridgehead atoms. The van der Waals surface area contributed by atoms with Crippen molar-refractivity contribution in [2.45, 2.75) is 32.6 Å². The molecule has 6 nitrogen and oxygen atoms in total. The van der Waals surface area contributed by atoms with Crippen LogP contribution in [0.25, 0.3) is 10.1 Å². The molecule has 1 unspecified atom stereocenters. The summed E-state index contributed by atoms with van der Waals surface area (Å²) in [7, 11) is 0. The average molecular weight is 457 g/mol. The van der Waals surface area contributed by atoms with Crippen LogP contribution < -0.4 is 5.43 Å². The van der Waals surface area contributed by atoms with Crippen LogP contribution in [0.2, 0.25) is 0 Å². The van der Waals surface area contributed by atoms with Gasteiger partial charge in [-0.2, -0.15) is 0 Å². The minimum Gasteiger partial charge on any atom is -0.463 e. The lowest BCUT2D eigenvalue weighted by Gasteiger charge is -2.14. The van der Waals surface area contributed by atoms with E-state index in [2.05, 4.69) is 12.7 Å². The lowest BCUT2D eigenvalue weighted by atomic mass is 10.0. The van der Waals surface area contributed by atoms with Crippen LogP contribution in [0, 0.1) is 5.92 Å².